The zero-order chi connectivity index (χ0) is 20.8. The van der Waals surface area contributed by atoms with Gasteiger partial charge in [-0.3, -0.25) is 10.1 Å². The Labute approximate surface area is 181 Å². The summed E-state index contributed by atoms with van der Waals surface area (Å²) in [6, 6.07) is 9.04. The van der Waals surface area contributed by atoms with E-state index < -0.39 is 5.91 Å². The molecule has 0 aliphatic heterocycles. The van der Waals surface area contributed by atoms with Crippen molar-refractivity contribution in [3.8, 4) is 5.75 Å². The number of ether oxygens (including phenoxy) is 1. The van der Waals surface area contributed by atoms with Gasteiger partial charge in [0.15, 0.2) is 5.11 Å². The van der Waals surface area contributed by atoms with E-state index in [9.17, 15) is 4.79 Å². The highest BCUT2D eigenvalue weighted by Gasteiger charge is 2.18. The van der Waals surface area contributed by atoms with E-state index in [1.165, 1.54) is 19.2 Å². The molecule has 0 saturated carbocycles. The van der Waals surface area contributed by atoms with E-state index in [1.807, 2.05) is 19.1 Å². The van der Waals surface area contributed by atoms with Gasteiger partial charge in [0.2, 0.25) is 0 Å². The molecule has 2 rings (SSSR count). The van der Waals surface area contributed by atoms with Crippen molar-refractivity contribution in [3.63, 3.8) is 0 Å². The zero-order valence-electron chi connectivity index (χ0n) is 16.2. The summed E-state index contributed by atoms with van der Waals surface area (Å²) in [6.07, 6.45) is 0. The van der Waals surface area contributed by atoms with Crippen molar-refractivity contribution < 1.29 is 9.53 Å². The van der Waals surface area contributed by atoms with Gasteiger partial charge < -0.3 is 15.0 Å². The van der Waals surface area contributed by atoms with Crippen LogP contribution in [0.2, 0.25) is 10.0 Å². The third-order valence-electron chi connectivity index (χ3n) is 4.27. The fourth-order valence-corrected chi connectivity index (χ4v) is 3.61. The van der Waals surface area contributed by atoms with Gasteiger partial charge in [-0.1, -0.05) is 23.2 Å². The summed E-state index contributed by atoms with van der Waals surface area (Å²) in [7, 11) is 1.43. The van der Waals surface area contributed by atoms with Gasteiger partial charge in [-0.05, 0) is 68.9 Å². The second-order valence-electron chi connectivity index (χ2n) is 6.05. The molecule has 0 heterocycles. The zero-order valence-corrected chi connectivity index (χ0v) is 18.6. The van der Waals surface area contributed by atoms with Crippen molar-refractivity contribution in [1.29, 1.82) is 0 Å². The lowest BCUT2D eigenvalue weighted by atomic mass is 10.1. The fraction of sp³-hybridized carbons (Fsp3) is 0.300. The van der Waals surface area contributed by atoms with Gasteiger partial charge in [-0.25, -0.2) is 0 Å². The van der Waals surface area contributed by atoms with Crippen molar-refractivity contribution in [2.45, 2.75) is 20.8 Å². The molecule has 2 N–H and O–H groups in total. The average molecular weight is 440 g/mol. The van der Waals surface area contributed by atoms with Crippen LogP contribution in [0.25, 0.3) is 0 Å². The normalized spacial score (nSPS) is 10.4. The summed E-state index contributed by atoms with van der Waals surface area (Å²) >= 11 is 17.4. The van der Waals surface area contributed by atoms with Gasteiger partial charge in [0.1, 0.15) is 5.75 Å². The number of nitrogens with one attached hydrogen (secondary N) is 2. The van der Waals surface area contributed by atoms with Gasteiger partial charge >= 0.3 is 0 Å². The van der Waals surface area contributed by atoms with Crippen LogP contribution in [0.3, 0.4) is 0 Å². The Hall–Kier alpha value is -2.02. The first-order chi connectivity index (χ1) is 13.3. The Morgan fingerprint density at radius 2 is 1.86 bits per heavy atom. The molecule has 0 aromatic heterocycles. The largest absolute Gasteiger partial charge is 0.494 e. The summed E-state index contributed by atoms with van der Waals surface area (Å²) in [5.41, 5.74) is 3.18. The maximum absolute atomic E-state index is 12.6. The Balaban J connectivity index is 2.13. The fourth-order valence-electron chi connectivity index (χ4n) is 2.83. The maximum Gasteiger partial charge on any atom is 0.261 e. The number of carbonyl (C=O) groups excluding carboxylic acids is 1. The van der Waals surface area contributed by atoms with E-state index in [4.69, 9.17) is 40.2 Å². The average Bonchev–Trinajstić information content (AvgIpc) is 2.64. The Morgan fingerprint density at radius 3 is 2.43 bits per heavy atom. The first-order valence-electron chi connectivity index (χ1n) is 8.81. The van der Waals surface area contributed by atoms with Crippen molar-refractivity contribution >= 4 is 57.8 Å². The summed E-state index contributed by atoms with van der Waals surface area (Å²) in [5, 5.41) is 6.44. The molecule has 0 spiro atoms. The molecule has 2 aromatic carbocycles. The van der Waals surface area contributed by atoms with Crippen LogP contribution in [0.15, 0.2) is 30.3 Å². The van der Waals surface area contributed by atoms with Crippen LogP contribution < -0.4 is 20.3 Å². The SMILES string of the molecule is CCN(CC)c1ccc(NC(=S)NC(=O)c2cc(Cl)cc(Cl)c2OC)c(C)c1. The van der Waals surface area contributed by atoms with Crippen LogP contribution in [-0.4, -0.2) is 31.2 Å². The predicted octanol–water partition coefficient (Wildman–Crippen LogP) is 5.28. The van der Waals surface area contributed by atoms with E-state index in [2.05, 4.69) is 35.4 Å². The van der Waals surface area contributed by atoms with E-state index in [1.54, 1.807) is 0 Å². The Morgan fingerprint density at radius 1 is 1.18 bits per heavy atom. The molecule has 0 radical (unpaired) electrons. The molecule has 0 aliphatic carbocycles. The van der Waals surface area contributed by atoms with Crippen LogP contribution in [0.4, 0.5) is 11.4 Å². The molecule has 0 aliphatic rings. The number of methoxy groups -OCH3 is 1. The smallest absolute Gasteiger partial charge is 0.261 e. The van der Waals surface area contributed by atoms with E-state index in [0.717, 1.165) is 30.0 Å². The van der Waals surface area contributed by atoms with E-state index in [-0.39, 0.29) is 21.4 Å². The standard InChI is InChI=1S/C20H23Cl2N3O2S/c1-5-25(6-2)14-7-8-17(12(3)9-14)23-20(28)24-19(26)15-10-13(21)11-16(22)18(15)27-4/h7-11H,5-6H2,1-4H3,(H2,23,24,26,28). The molecule has 0 bridgehead atoms. The summed E-state index contributed by atoms with van der Waals surface area (Å²) in [6.45, 7) is 8.08. The lowest BCUT2D eigenvalue weighted by Crippen LogP contribution is -2.34. The van der Waals surface area contributed by atoms with Crippen LogP contribution >= 0.6 is 35.4 Å². The minimum atomic E-state index is -0.462. The van der Waals surface area contributed by atoms with Crippen LogP contribution in [-0.2, 0) is 0 Å². The number of thiocarbonyl (C=S) groups is 1. The number of anilines is 2. The lowest BCUT2D eigenvalue weighted by molar-refractivity contribution is 0.0975. The second kappa shape index (κ2) is 9.96. The van der Waals surface area contributed by atoms with E-state index in [0.29, 0.717) is 5.02 Å². The molecule has 0 saturated heterocycles. The quantitative estimate of drug-likeness (QED) is 0.599. The number of hydrogen-bond donors (Lipinski definition) is 2. The van der Waals surface area contributed by atoms with Gasteiger partial charge in [0.05, 0.1) is 17.7 Å². The van der Waals surface area contributed by atoms with Crippen LogP contribution in [0, 0.1) is 6.92 Å². The number of halogens is 2. The summed E-state index contributed by atoms with van der Waals surface area (Å²) < 4.78 is 5.21. The van der Waals surface area contributed by atoms with Gasteiger partial charge in [-0.2, -0.15) is 0 Å². The number of nitrogens with zero attached hydrogens (tertiary/aromatic N) is 1. The molecule has 0 fully saturated rings. The molecule has 1 amide bonds. The van der Waals surface area contributed by atoms with Crippen molar-refractivity contribution in [3.05, 3.63) is 51.5 Å². The first kappa shape index (κ1) is 22.3. The molecule has 0 unspecified atom stereocenters. The highest BCUT2D eigenvalue weighted by Crippen LogP contribution is 2.32. The van der Waals surface area contributed by atoms with Crippen molar-refractivity contribution in [2.75, 3.05) is 30.4 Å². The molecule has 150 valence electrons. The van der Waals surface area contributed by atoms with E-state index >= 15 is 0 Å². The van der Waals surface area contributed by atoms with Gasteiger partial charge in [-0.15, -0.1) is 0 Å². The first-order valence-corrected chi connectivity index (χ1v) is 9.98. The minimum Gasteiger partial charge on any atom is -0.494 e. The molecular weight excluding hydrogens is 417 g/mol. The number of hydrogen-bond acceptors (Lipinski definition) is 4. The Bertz CT molecular complexity index is 886. The molecule has 8 heteroatoms. The summed E-state index contributed by atoms with van der Waals surface area (Å²) in [4.78, 5) is 14.8. The molecule has 0 atom stereocenters. The Kier molecular flexibility index (Phi) is 7.92. The maximum atomic E-state index is 12.6. The molecule has 28 heavy (non-hydrogen) atoms. The number of aryl methyl sites for hydroxylation is 1. The predicted molar refractivity (Wildman–Crippen MR) is 121 cm³/mol. The third-order valence-corrected chi connectivity index (χ3v) is 4.97. The number of carbonyl (C=O) groups is 1. The highest BCUT2D eigenvalue weighted by molar-refractivity contribution is 7.80. The highest BCUT2D eigenvalue weighted by atomic mass is 35.5. The van der Waals surface area contributed by atoms with Gasteiger partial charge in [0.25, 0.3) is 5.91 Å². The minimum absolute atomic E-state index is 0.168. The van der Waals surface area contributed by atoms with Crippen LogP contribution in [0.5, 0.6) is 5.75 Å². The van der Waals surface area contributed by atoms with Crippen molar-refractivity contribution in [1.82, 2.24) is 5.32 Å². The van der Waals surface area contributed by atoms with Crippen LogP contribution in [0.1, 0.15) is 29.8 Å². The number of amides is 1. The summed E-state index contributed by atoms with van der Waals surface area (Å²) in [5.74, 6) is -0.220. The number of rotatable bonds is 6. The third kappa shape index (κ3) is 5.28. The molecular formula is C20H23Cl2N3O2S. The van der Waals surface area contributed by atoms with Gasteiger partial charge in [0, 0.05) is 29.5 Å². The topological polar surface area (TPSA) is 53.6 Å². The number of benzene rings is 2. The monoisotopic (exact) mass is 439 g/mol. The molecule has 5 nitrogen and oxygen atoms in total. The lowest BCUT2D eigenvalue weighted by Gasteiger charge is -2.22. The second-order valence-corrected chi connectivity index (χ2v) is 7.30. The molecule has 2 aromatic rings. The van der Waals surface area contributed by atoms with Crippen molar-refractivity contribution in [2.24, 2.45) is 0 Å².